The van der Waals surface area contributed by atoms with Gasteiger partial charge < -0.3 is 31.2 Å². The van der Waals surface area contributed by atoms with E-state index in [-0.39, 0.29) is 48.7 Å². The number of nitrogens with one attached hydrogen (secondary N) is 4. The van der Waals surface area contributed by atoms with Crippen LogP contribution < -0.4 is 21.9 Å². The van der Waals surface area contributed by atoms with Crippen LogP contribution >= 0.6 is 8.41 Å². The third kappa shape index (κ3) is 5.25. The maximum atomic E-state index is 12.4. The lowest BCUT2D eigenvalue weighted by Crippen LogP contribution is -2.43. The van der Waals surface area contributed by atoms with Crippen LogP contribution in [-0.2, 0) is 20.5 Å². The summed E-state index contributed by atoms with van der Waals surface area (Å²) in [6.07, 6.45) is 2.62. The standard InChI is InChI=1S/C18H24N9O5P/c19-10(3-9-5-20-7-23-9)16(29)21-1-2-22-18-25-15-14(17(30)26-18)24-8-27(15)13-4-11(28)12(32-13)6-33-31/h5,7-8,10-13,28H,1-4,6,19H2,(H,20,23)(H,21,29)(H2,22,25,26,30)/p+1/i/hT. The van der Waals surface area contributed by atoms with Gasteiger partial charge in [-0.3, -0.25) is 19.1 Å². The highest BCUT2D eigenvalue weighted by Gasteiger charge is 2.37. The SMILES string of the molecule is [3H][P+](=O)CC1OC(n2cnc3c(=O)[nH]c(NCCNC(=O)C(N)Cc4cnc[nH]4)nc32)CC1O. The summed E-state index contributed by atoms with van der Waals surface area (Å²) < 4.78 is 25.7. The van der Waals surface area contributed by atoms with Crippen LogP contribution in [0.1, 0.15) is 18.3 Å². The highest BCUT2D eigenvalue weighted by molar-refractivity contribution is 7.23. The number of aliphatic hydroxyl groups excluding tert-OH is 1. The molecule has 0 saturated carbocycles. The Labute approximate surface area is 189 Å². The van der Waals surface area contributed by atoms with Crippen LogP contribution in [0.25, 0.3) is 11.2 Å². The number of nitrogens with two attached hydrogens (primary N) is 1. The number of imidazole rings is 2. The molecule has 14 nitrogen and oxygen atoms in total. The van der Waals surface area contributed by atoms with E-state index in [0.29, 0.717) is 6.42 Å². The number of aliphatic hydroxyl groups is 1. The molecule has 4 rings (SSSR count). The van der Waals surface area contributed by atoms with Gasteiger partial charge in [-0.25, -0.2) is 9.97 Å². The van der Waals surface area contributed by atoms with Gasteiger partial charge >= 0.3 is 9.68 Å². The summed E-state index contributed by atoms with van der Waals surface area (Å²) in [6, 6.07) is -0.733. The molecule has 3 aromatic rings. The van der Waals surface area contributed by atoms with Crippen LogP contribution in [-0.4, -0.2) is 79.3 Å². The van der Waals surface area contributed by atoms with Gasteiger partial charge in [0.1, 0.15) is 12.3 Å². The molecule has 5 unspecified atom stereocenters. The zero-order valence-electron chi connectivity index (χ0n) is 18.5. The fraction of sp³-hybridized carbons (Fsp3) is 0.500. The lowest BCUT2D eigenvalue weighted by molar-refractivity contribution is -0.122. The molecule has 7 N–H and O–H groups in total. The molecule has 1 saturated heterocycles. The number of aromatic nitrogens is 6. The fourth-order valence-corrected chi connectivity index (χ4v) is 4.04. The molecule has 1 fully saturated rings. The molecule has 0 radical (unpaired) electrons. The first kappa shape index (κ1) is 21.6. The van der Waals surface area contributed by atoms with E-state index in [0.717, 1.165) is 5.69 Å². The molecule has 3 aromatic heterocycles. The normalized spacial score (nSPS) is 22.2. The van der Waals surface area contributed by atoms with Crippen LogP contribution in [0.3, 0.4) is 0 Å². The number of fused-ring (bicyclic) bond motifs is 1. The van der Waals surface area contributed by atoms with Crippen LogP contribution in [0, 0.1) is 0 Å². The quantitative estimate of drug-likeness (QED) is 0.148. The van der Waals surface area contributed by atoms with Crippen molar-refractivity contribution in [3.05, 3.63) is 34.9 Å². The van der Waals surface area contributed by atoms with E-state index in [1.807, 2.05) is 0 Å². The summed E-state index contributed by atoms with van der Waals surface area (Å²) >= 11 is 0. The smallest absolute Gasteiger partial charge is 0.388 e. The molecule has 176 valence electrons. The zero-order chi connectivity index (χ0) is 24.2. The maximum Gasteiger partial charge on any atom is 0.388 e. The molecule has 33 heavy (non-hydrogen) atoms. The van der Waals surface area contributed by atoms with E-state index in [9.17, 15) is 19.3 Å². The summed E-state index contributed by atoms with van der Waals surface area (Å²) in [4.78, 5) is 42.4. The van der Waals surface area contributed by atoms with Gasteiger partial charge in [-0.15, -0.1) is 0 Å². The Morgan fingerprint density at radius 1 is 1.52 bits per heavy atom. The number of anilines is 1. The third-order valence-corrected chi connectivity index (χ3v) is 5.76. The van der Waals surface area contributed by atoms with Crippen molar-refractivity contribution in [1.82, 2.24) is 34.8 Å². The Morgan fingerprint density at radius 2 is 2.36 bits per heavy atom. The number of hydrogen-bond acceptors (Lipinski definition) is 10. The Hall–Kier alpha value is -3.19. The second-order valence-electron chi connectivity index (χ2n) is 7.59. The van der Waals surface area contributed by atoms with Crippen LogP contribution in [0.4, 0.5) is 5.95 Å². The Kier molecular flexibility index (Phi) is 6.67. The molecular weight excluding hydrogens is 453 g/mol. The average molecular weight is 480 g/mol. The monoisotopic (exact) mass is 480 g/mol. The molecule has 0 aliphatic carbocycles. The van der Waals surface area contributed by atoms with Gasteiger partial charge in [-0.1, -0.05) is 4.57 Å². The number of nitrogens with zero attached hydrogens (tertiary/aromatic N) is 4. The first-order chi connectivity index (χ1) is 16.3. The van der Waals surface area contributed by atoms with Crippen molar-refractivity contribution in [2.75, 3.05) is 24.6 Å². The summed E-state index contributed by atoms with van der Waals surface area (Å²) in [5.41, 5.74) is 6.51. The average Bonchev–Trinajstić information content (AvgIpc) is 3.52. The minimum absolute atomic E-state index is 0.0856. The van der Waals surface area contributed by atoms with E-state index in [4.69, 9.17) is 11.7 Å². The number of carbonyl (C=O) groups excluding carboxylic acids is 1. The number of hydrogen-bond donors (Lipinski definition) is 6. The van der Waals surface area contributed by atoms with Crippen molar-refractivity contribution < 1.29 is 19.2 Å². The van der Waals surface area contributed by atoms with E-state index in [1.165, 1.54) is 17.2 Å². The van der Waals surface area contributed by atoms with Gasteiger partial charge in [-0.05, 0) is 0 Å². The molecule has 0 aromatic carbocycles. The summed E-state index contributed by atoms with van der Waals surface area (Å²) in [5, 5.41) is 15.8. The summed E-state index contributed by atoms with van der Waals surface area (Å²) in [6.45, 7) is 0.504. The summed E-state index contributed by atoms with van der Waals surface area (Å²) in [5.74, 6) is -0.160. The zero-order valence-corrected chi connectivity index (χ0v) is 18.4. The van der Waals surface area contributed by atoms with Gasteiger partial charge in [0.2, 0.25) is 11.9 Å². The number of aromatic amines is 2. The topological polar surface area (TPSA) is 206 Å². The molecule has 4 heterocycles. The molecule has 5 atom stereocenters. The molecule has 0 bridgehead atoms. The van der Waals surface area contributed by atoms with Crippen LogP contribution in [0.2, 0.25) is 0 Å². The van der Waals surface area contributed by atoms with Crippen molar-refractivity contribution in [2.45, 2.75) is 37.3 Å². The van der Waals surface area contributed by atoms with Crippen LogP contribution in [0.5, 0.6) is 0 Å². The molecular formula is C18H25N9O5P+. The maximum absolute atomic E-state index is 12.4. The van der Waals surface area contributed by atoms with Gasteiger partial charge in [0.15, 0.2) is 17.3 Å². The largest absolute Gasteiger partial charge is 0.390 e. The second-order valence-corrected chi connectivity index (χ2v) is 8.21. The van der Waals surface area contributed by atoms with Gasteiger partial charge in [-0.2, -0.15) is 4.98 Å². The number of rotatable bonds is 10. The van der Waals surface area contributed by atoms with Gasteiger partial charge in [0, 0.05) is 37.8 Å². The van der Waals surface area contributed by atoms with E-state index < -0.39 is 38.4 Å². The Morgan fingerprint density at radius 3 is 3.12 bits per heavy atom. The molecule has 1 aliphatic heterocycles. The Balaban J connectivity index is 1.36. The lowest BCUT2D eigenvalue weighted by atomic mass is 10.1. The predicted octanol–water partition coefficient (Wildman–Crippen LogP) is -1.39. The minimum atomic E-state index is -2.22. The van der Waals surface area contributed by atoms with Crippen molar-refractivity contribution in [1.29, 1.82) is 1.28 Å². The van der Waals surface area contributed by atoms with Crippen molar-refractivity contribution in [2.24, 2.45) is 5.73 Å². The first-order valence-corrected chi connectivity index (χ1v) is 11.3. The lowest BCUT2D eigenvalue weighted by Gasteiger charge is -2.13. The van der Waals surface area contributed by atoms with Crippen LogP contribution in [0.15, 0.2) is 23.6 Å². The van der Waals surface area contributed by atoms with E-state index in [1.54, 1.807) is 6.20 Å². The van der Waals surface area contributed by atoms with Crippen molar-refractivity contribution in [3.8, 4) is 0 Å². The predicted molar refractivity (Wildman–Crippen MR) is 118 cm³/mol. The molecule has 1 aliphatic rings. The fourth-order valence-electron chi connectivity index (χ4n) is 3.57. The Bertz CT molecular complexity index is 1220. The van der Waals surface area contributed by atoms with Crippen molar-refractivity contribution in [3.63, 3.8) is 0 Å². The van der Waals surface area contributed by atoms with E-state index in [2.05, 4.69) is 35.6 Å². The third-order valence-electron chi connectivity index (χ3n) is 5.25. The second kappa shape index (κ2) is 10.2. The minimum Gasteiger partial charge on any atom is -0.390 e. The molecule has 1 amide bonds. The van der Waals surface area contributed by atoms with Gasteiger partial charge in [0.25, 0.3) is 5.56 Å². The highest BCUT2D eigenvalue weighted by Crippen LogP contribution is 2.31. The number of carbonyl (C=O) groups is 1. The first-order valence-electron chi connectivity index (χ1n) is 10.7. The summed E-state index contributed by atoms with van der Waals surface area (Å²) in [7, 11) is -2.22. The van der Waals surface area contributed by atoms with E-state index >= 15 is 0 Å². The van der Waals surface area contributed by atoms with Crippen molar-refractivity contribution >= 4 is 31.4 Å². The highest BCUT2D eigenvalue weighted by atomic mass is 31.1. The van der Waals surface area contributed by atoms with Gasteiger partial charge in [0.05, 0.1) is 24.8 Å². The number of H-pyrrole nitrogens is 2. The number of amides is 1. The number of ether oxygens (including phenoxy) is 1. The molecule has 0 spiro atoms. The molecule has 15 heteroatoms.